The summed E-state index contributed by atoms with van der Waals surface area (Å²) in [6.07, 6.45) is 0. The van der Waals surface area contributed by atoms with Gasteiger partial charge in [-0.2, -0.15) is 4.31 Å². The van der Waals surface area contributed by atoms with Crippen molar-refractivity contribution >= 4 is 21.6 Å². The summed E-state index contributed by atoms with van der Waals surface area (Å²) in [5, 5.41) is 2.68. The zero-order valence-corrected chi connectivity index (χ0v) is 18.2. The molecule has 1 amide bonds. The molecular weight excluding hydrogens is 427 g/mol. The number of nitrogens with zero attached hydrogens (tertiary/aromatic N) is 1. The summed E-state index contributed by atoms with van der Waals surface area (Å²) in [7, 11) is -4.09. The fourth-order valence-electron chi connectivity index (χ4n) is 3.10. The smallest absolute Gasteiger partial charge is 0.255 e. The van der Waals surface area contributed by atoms with Gasteiger partial charge in [-0.3, -0.25) is 4.79 Å². The molecule has 1 fully saturated rings. The number of hydrogen-bond donors (Lipinski definition) is 1. The van der Waals surface area contributed by atoms with Crippen molar-refractivity contribution in [1.82, 2.24) is 4.31 Å². The third kappa shape index (κ3) is 5.33. The first-order valence-corrected chi connectivity index (χ1v) is 11.4. The molecule has 0 spiro atoms. The second-order valence-electron chi connectivity index (χ2n) is 6.64. The number of hydrogen-bond acceptors (Lipinski definition) is 6. The second kappa shape index (κ2) is 10.1. The molecule has 0 aliphatic carbocycles. The lowest BCUT2D eigenvalue weighted by molar-refractivity contribution is 0.0729. The monoisotopic (exact) mass is 452 g/mol. The van der Waals surface area contributed by atoms with E-state index in [1.54, 1.807) is 18.2 Å². The highest BCUT2D eigenvalue weighted by molar-refractivity contribution is 7.89. The number of rotatable bonds is 8. The number of benzene rings is 2. The van der Waals surface area contributed by atoms with Crippen molar-refractivity contribution in [2.45, 2.75) is 18.7 Å². The van der Waals surface area contributed by atoms with Gasteiger partial charge in [0, 0.05) is 30.4 Å². The van der Waals surface area contributed by atoms with Gasteiger partial charge in [-0.1, -0.05) is 0 Å². The predicted molar refractivity (Wildman–Crippen MR) is 113 cm³/mol. The minimum absolute atomic E-state index is 0.0140. The topological polar surface area (TPSA) is 94.2 Å². The first-order valence-electron chi connectivity index (χ1n) is 9.95. The van der Waals surface area contributed by atoms with Crippen LogP contribution in [-0.4, -0.2) is 58.1 Å². The van der Waals surface area contributed by atoms with E-state index >= 15 is 0 Å². The van der Waals surface area contributed by atoms with Crippen LogP contribution in [0.3, 0.4) is 0 Å². The number of sulfonamides is 1. The fraction of sp³-hybridized carbons (Fsp3) is 0.381. The Kier molecular flexibility index (Phi) is 7.47. The van der Waals surface area contributed by atoms with Crippen molar-refractivity contribution in [3.63, 3.8) is 0 Å². The minimum Gasteiger partial charge on any atom is -0.490 e. The van der Waals surface area contributed by atoms with Crippen LogP contribution in [0.1, 0.15) is 24.2 Å². The Hall–Kier alpha value is -2.69. The molecule has 0 aromatic heterocycles. The zero-order valence-electron chi connectivity index (χ0n) is 17.4. The molecule has 10 heteroatoms. The maximum atomic E-state index is 14.4. The Bertz CT molecular complexity index is 1040. The van der Waals surface area contributed by atoms with E-state index < -0.39 is 26.6 Å². The first kappa shape index (κ1) is 23.0. The van der Waals surface area contributed by atoms with Crippen molar-refractivity contribution in [3.05, 3.63) is 47.8 Å². The molecule has 0 radical (unpaired) electrons. The van der Waals surface area contributed by atoms with Gasteiger partial charge in [0.1, 0.15) is 10.7 Å². The Morgan fingerprint density at radius 2 is 1.74 bits per heavy atom. The van der Waals surface area contributed by atoms with Crippen LogP contribution in [0.4, 0.5) is 10.1 Å². The molecule has 1 saturated heterocycles. The number of ether oxygens (including phenoxy) is 3. The van der Waals surface area contributed by atoms with Gasteiger partial charge in [0.25, 0.3) is 5.91 Å². The molecule has 1 heterocycles. The average Bonchev–Trinajstić information content (AvgIpc) is 2.76. The number of morpholine rings is 1. The summed E-state index contributed by atoms with van der Waals surface area (Å²) in [6, 6.07) is 8.19. The van der Waals surface area contributed by atoms with Crippen LogP contribution in [0.15, 0.2) is 41.3 Å². The Labute approximate surface area is 181 Å². The van der Waals surface area contributed by atoms with Crippen LogP contribution in [0, 0.1) is 5.82 Å². The quantitative estimate of drug-likeness (QED) is 0.662. The number of carbonyl (C=O) groups excluding carboxylic acids is 1. The highest BCUT2D eigenvalue weighted by Gasteiger charge is 2.29. The maximum Gasteiger partial charge on any atom is 0.255 e. The Morgan fingerprint density at radius 3 is 2.42 bits per heavy atom. The number of halogens is 1. The molecule has 0 saturated carbocycles. The minimum atomic E-state index is -4.09. The van der Waals surface area contributed by atoms with Crippen molar-refractivity contribution in [1.29, 1.82) is 0 Å². The van der Waals surface area contributed by atoms with E-state index in [4.69, 9.17) is 14.2 Å². The summed E-state index contributed by atoms with van der Waals surface area (Å²) < 4.78 is 57.4. The molecule has 2 aromatic rings. The summed E-state index contributed by atoms with van der Waals surface area (Å²) >= 11 is 0. The third-order valence-corrected chi connectivity index (χ3v) is 6.50. The number of anilines is 1. The van der Waals surface area contributed by atoms with Crippen molar-refractivity contribution in [2.75, 3.05) is 44.8 Å². The van der Waals surface area contributed by atoms with E-state index in [2.05, 4.69) is 5.32 Å². The molecule has 2 aromatic carbocycles. The summed E-state index contributed by atoms with van der Waals surface area (Å²) in [5.41, 5.74) is 0.443. The SMILES string of the molecule is CCOc1ccc(NC(=O)c2ccc(F)c(S(=O)(=O)N3CCOCC3)c2)cc1OCC. The van der Waals surface area contributed by atoms with Crippen molar-refractivity contribution in [3.8, 4) is 11.5 Å². The second-order valence-corrected chi connectivity index (χ2v) is 8.55. The Morgan fingerprint density at radius 1 is 1.06 bits per heavy atom. The van der Waals surface area contributed by atoms with Gasteiger partial charge in [-0.05, 0) is 44.2 Å². The lowest BCUT2D eigenvalue weighted by Gasteiger charge is -2.26. The molecule has 0 unspecified atom stereocenters. The third-order valence-electron chi connectivity index (χ3n) is 4.58. The number of amides is 1. The molecule has 1 N–H and O–H groups in total. The van der Waals surface area contributed by atoms with Gasteiger partial charge in [-0.15, -0.1) is 0 Å². The number of nitrogens with one attached hydrogen (secondary N) is 1. The highest BCUT2D eigenvalue weighted by Crippen LogP contribution is 2.31. The predicted octanol–water partition coefficient (Wildman–Crippen LogP) is 2.90. The van der Waals surface area contributed by atoms with Crippen LogP contribution >= 0.6 is 0 Å². The van der Waals surface area contributed by atoms with E-state index in [1.807, 2.05) is 13.8 Å². The van der Waals surface area contributed by atoms with Gasteiger partial charge in [0.2, 0.25) is 10.0 Å². The number of carbonyl (C=O) groups is 1. The molecule has 0 atom stereocenters. The van der Waals surface area contributed by atoms with Crippen LogP contribution in [0.5, 0.6) is 11.5 Å². The van der Waals surface area contributed by atoms with E-state index in [-0.39, 0.29) is 31.9 Å². The molecule has 3 rings (SSSR count). The molecule has 0 bridgehead atoms. The zero-order chi connectivity index (χ0) is 22.4. The first-order chi connectivity index (χ1) is 14.9. The van der Waals surface area contributed by atoms with Gasteiger partial charge >= 0.3 is 0 Å². The maximum absolute atomic E-state index is 14.4. The molecule has 1 aliphatic rings. The van der Waals surface area contributed by atoms with E-state index in [1.165, 1.54) is 6.07 Å². The molecule has 1 aliphatic heterocycles. The molecule has 168 valence electrons. The lowest BCUT2D eigenvalue weighted by atomic mass is 10.2. The van der Waals surface area contributed by atoms with Crippen molar-refractivity contribution < 1.29 is 31.8 Å². The van der Waals surface area contributed by atoms with Gasteiger partial charge in [0.05, 0.1) is 26.4 Å². The molecular formula is C21H25FN2O6S. The van der Waals surface area contributed by atoms with E-state index in [0.717, 1.165) is 16.4 Å². The Balaban J connectivity index is 1.84. The summed E-state index contributed by atoms with van der Waals surface area (Å²) in [6.45, 7) is 5.29. The average molecular weight is 453 g/mol. The largest absolute Gasteiger partial charge is 0.490 e. The van der Waals surface area contributed by atoms with Gasteiger partial charge < -0.3 is 19.5 Å². The summed E-state index contributed by atoms with van der Waals surface area (Å²) in [5.74, 6) is -0.479. The lowest BCUT2D eigenvalue weighted by Crippen LogP contribution is -2.41. The van der Waals surface area contributed by atoms with E-state index in [0.29, 0.717) is 30.4 Å². The molecule has 8 nitrogen and oxygen atoms in total. The van der Waals surface area contributed by atoms with Crippen LogP contribution in [0.25, 0.3) is 0 Å². The molecule has 31 heavy (non-hydrogen) atoms. The van der Waals surface area contributed by atoms with Crippen LogP contribution in [-0.2, 0) is 14.8 Å². The highest BCUT2D eigenvalue weighted by atomic mass is 32.2. The van der Waals surface area contributed by atoms with E-state index in [9.17, 15) is 17.6 Å². The van der Waals surface area contributed by atoms with Crippen LogP contribution < -0.4 is 14.8 Å². The van der Waals surface area contributed by atoms with Gasteiger partial charge in [-0.25, -0.2) is 12.8 Å². The van der Waals surface area contributed by atoms with Crippen LogP contribution in [0.2, 0.25) is 0 Å². The standard InChI is InChI=1S/C21H25FN2O6S/c1-3-29-18-8-6-16(14-19(18)30-4-2)23-21(25)15-5-7-17(22)20(13-15)31(26,27)24-9-11-28-12-10-24/h5-8,13-14H,3-4,9-12H2,1-2H3,(H,23,25). The fourth-order valence-corrected chi connectivity index (χ4v) is 4.60. The van der Waals surface area contributed by atoms with Crippen molar-refractivity contribution in [2.24, 2.45) is 0 Å². The normalized spacial score (nSPS) is 14.8. The van der Waals surface area contributed by atoms with Gasteiger partial charge in [0.15, 0.2) is 11.5 Å². The summed E-state index contributed by atoms with van der Waals surface area (Å²) in [4.78, 5) is 12.2.